The summed E-state index contributed by atoms with van der Waals surface area (Å²) in [6, 6.07) is -0.435. The molecule has 106 valence electrons. The van der Waals surface area contributed by atoms with Gasteiger partial charge in [0.15, 0.2) is 0 Å². The molecular weight excluding hydrogens is 246 g/mol. The molecule has 0 atom stereocenters. The SMILES string of the molecule is CC1CCC2(CC1)C(=O)NC(=O)N2CC(=O)N(C)C. The fourth-order valence-electron chi connectivity index (χ4n) is 2.83. The highest BCUT2D eigenvalue weighted by Crippen LogP contribution is 2.39. The molecule has 1 saturated carbocycles. The van der Waals surface area contributed by atoms with E-state index >= 15 is 0 Å². The fourth-order valence-corrected chi connectivity index (χ4v) is 2.83. The van der Waals surface area contributed by atoms with E-state index in [0.29, 0.717) is 18.8 Å². The topological polar surface area (TPSA) is 69.7 Å². The van der Waals surface area contributed by atoms with E-state index in [1.807, 2.05) is 0 Å². The number of likely N-dealkylation sites (N-methyl/N-ethyl adjacent to an activating group) is 1. The smallest absolute Gasteiger partial charge is 0.325 e. The van der Waals surface area contributed by atoms with Gasteiger partial charge in [0, 0.05) is 14.1 Å². The minimum absolute atomic E-state index is 0.0288. The van der Waals surface area contributed by atoms with Crippen molar-refractivity contribution in [1.82, 2.24) is 15.1 Å². The van der Waals surface area contributed by atoms with E-state index in [-0.39, 0.29) is 18.4 Å². The van der Waals surface area contributed by atoms with Crippen LogP contribution >= 0.6 is 0 Å². The van der Waals surface area contributed by atoms with Crippen molar-refractivity contribution in [3.8, 4) is 0 Å². The first kappa shape index (κ1) is 13.8. The zero-order valence-corrected chi connectivity index (χ0v) is 11.7. The molecule has 1 aliphatic heterocycles. The van der Waals surface area contributed by atoms with Crippen molar-refractivity contribution in [2.45, 2.75) is 38.1 Å². The van der Waals surface area contributed by atoms with Gasteiger partial charge in [-0.05, 0) is 31.6 Å². The quantitative estimate of drug-likeness (QED) is 0.744. The Morgan fingerprint density at radius 2 is 1.95 bits per heavy atom. The summed E-state index contributed by atoms with van der Waals surface area (Å²) >= 11 is 0. The molecule has 1 heterocycles. The molecule has 0 unspecified atom stereocenters. The molecule has 0 radical (unpaired) electrons. The average Bonchev–Trinajstić information content (AvgIpc) is 2.57. The Bertz CT molecular complexity index is 411. The standard InChI is InChI=1S/C13H21N3O3/c1-9-4-6-13(7-5-9)11(18)14-12(19)16(13)8-10(17)15(2)3/h9H,4-8H2,1-3H3,(H,14,18,19). The van der Waals surface area contributed by atoms with Crippen molar-refractivity contribution in [3.63, 3.8) is 0 Å². The molecule has 2 fully saturated rings. The van der Waals surface area contributed by atoms with Gasteiger partial charge >= 0.3 is 6.03 Å². The molecule has 6 heteroatoms. The maximum absolute atomic E-state index is 12.1. The number of nitrogens with zero attached hydrogens (tertiary/aromatic N) is 2. The molecule has 2 aliphatic rings. The molecule has 0 aromatic heterocycles. The van der Waals surface area contributed by atoms with Crippen LogP contribution in [0.1, 0.15) is 32.6 Å². The Labute approximate surface area is 113 Å². The lowest BCUT2D eigenvalue weighted by atomic mass is 9.76. The van der Waals surface area contributed by atoms with Crippen LogP contribution in [0.4, 0.5) is 4.79 Å². The van der Waals surface area contributed by atoms with Crippen LogP contribution in [0.2, 0.25) is 0 Å². The maximum atomic E-state index is 12.1. The summed E-state index contributed by atoms with van der Waals surface area (Å²) in [6.45, 7) is 2.12. The van der Waals surface area contributed by atoms with Gasteiger partial charge in [0.05, 0.1) is 0 Å². The molecule has 6 nitrogen and oxygen atoms in total. The van der Waals surface area contributed by atoms with E-state index < -0.39 is 11.6 Å². The van der Waals surface area contributed by atoms with Crippen LogP contribution in [-0.2, 0) is 9.59 Å². The molecule has 1 spiro atoms. The highest BCUT2D eigenvalue weighted by atomic mass is 16.2. The van der Waals surface area contributed by atoms with Crippen LogP contribution in [0.15, 0.2) is 0 Å². The Morgan fingerprint density at radius 1 is 1.37 bits per heavy atom. The van der Waals surface area contributed by atoms with Crippen LogP contribution in [0.25, 0.3) is 0 Å². The van der Waals surface area contributed by atoms with Gasteiger partial charge in [0.2, 0.25) is 5.91 Å². The Kier molecular flexibility index (Phi) is 3.52. The number of nitrogens with one attached hydrogen (secondary N) is 1. The minimum atomic E-state index is -0.796. The molecule has 0 aromatic rings. The summed E-state index contributed by atoms with van der Waals surface area (Å²) in [5.74, 6) is 0.166. The van der Waals surface area contributed by atoms with E-state index in [2.05, 4.69) is 12.2 Å². The molecule has 1 saturated heterocycles. The van der Waals surface area contributed by atoms with Crippen LogP contribution < -0.4 is 5.32 Å². The Morgan fingerprint density at radius 3 is 2.47 bits per heavy atom. The summed E-state index contributed by atoms with van der Waals surface area (Å²) in [4.78, 5) is 38.8. The number of urea groups is 1. The van der Waals surface area contributed by atoms with Gasteiger partial charge in [-0.1, -0.05) is 6.92 Å². The zero-order chi connectivity index (χ0) is 14.2. The monoisotopic (exact) mass is 267 g/mol. The average molecular weight is 267 g/mol. The van der Waals surface area contributed by atoms with Gasteiger partial charge in [-0.15, -0.1) is 0 Å². The number of carbonyl (C=O) groups is 3. The predicted octanol–water partition coefficient (Wildman–Crippen LogP) is 0.575. The molecule has 0 aromatic carbocycles. The van der Waals surface area contributed by atoms with Gasteiger partial charge < -0.3 is 9.80 Å². The second kappa shape index (κ2) is 4.83. The van der Waals surface area contributed by atoms with E-state index in [0.717, 1.165) is 12.8 Å². The second-order valence-electron chi connectivity index (χ2n) is 5.85. The number of hydrogen-bond acceptors (Lipinski definition) is 3. The van der Waals surface area contributed by atoms with Crippen molar-refractivity contribution in [2.24, 2.45) is 5.92 Å². The van der Waals surface area contributed by atoms with Crippen molar-refractivity contribution in [3.05, 3.63) is 0 Å². The fraction of sp³-hybridized carbons (Fsp3) is 0.769. The zero-order valence-electron chi connectivity index (χ0n) is 11.7. The molecule has 19 heavy (non-hydrogen) atoms. The molecule has 4 amide bonds. The van der Waals surface area contributed by atoms with Gasteiger partial charge in [0.1, 0.15) is 12.1 Å². The van der Waals surface area contributed by atoms with Crippen LogP contribution in [0, 0.1) is 5.92 Å². The summed E-state index contributed by atoms with van der Waals surface area (Å²) in [7, 11) is 3.29. The van der Waals surface area contributed by atoms with E-state index in [1.54, 1.807) is 14.1 Å². The number of hydrogen-bond donors (Lipinski definition) is 1. The first-order chi connectivity index (χ1) is 8.86. The third-order valence-corrected chi connectivity index (χ3v) is 4.30. The largest absolute Gasteiger partial charge is 0.347 e. The number of rotatable bonds is 2. The number of carbonyl (C=O) groups excluding carboxylic acids is 3. The van der Waals surface area contributed by atoms with Crippen molar-refractivity contribution in [1.29, 1.82) is 0 Å². The van der Waals surface area contributed by atoms with E-state index in [1.165, 1.54) is 9.80 Å². The lowest BCUT2D eigenvalue weighted by Gasteiger charge is -2.40. The van der Waals surface area contributed by atoms with E-state index in [9.17, 15) is 14.4 Å². The first-order valence-electron chi connectivity index (χ1n) is 6.70. The predicted molar refractivity (Wildman–Crippen MR) is 69.3 cm³/mol. The Balaban J connectivity index is 2.21. The normalized spacial score (nSPS) is 30.7. The lowest BCUT2D eigenvalue weighted by molar-refractivity contribution is -0.133. The highest BCUT2D eigenvalue weighted by molar-refractivity contribution is 6.08. The van der Waals surface area contributed by atoms with Crippen LogP contribution in [0.3, 0.4) is 0 Å². The molecular formula is C13H21N3O3. The van der Waals surface area contributed by atoms with E-state index in [4.69, 9.17) is 0 Å². The third-order valence-electron chi connectivity index (χ3n) is 4.30. The van der Waals surface area contributed by atoms with Crippen LogP contribution in [0.5, 0.6) is 0 Å². The van der Waals surface area contributed by atoms with Crippen molar-refractivity contribution in [2.75, 3.05) is 20.6 Å². The minimum Gasteiger partial charge on any atom is -0.347 e. The summed E-state index contributed by atoms with van der Waals surface area (Å²) in [5.41, 5.74) is -0.796. The number of amides is 4. The van der Waals surface area contributed by atoms with Gasteiger partial charge in [0.25, 0.3) is 5.91 Å². The first-order valence-corrected chi connectivity index (χ1v) is 6.70. The van der Waals surface area contributed by atoms with Crippen LogP contribution in [-0.4, -0.2) is 53.8 Å². The second-order valence-corrected chi connectivity index (χ2v) is 5.85. The molecule has 2 rings (SSSR count). The van der Waals surface area contributed by atoms with Gasteiger partial charge in [-0.2, -0.15) is 0 Å². The number of imide groups is 1. The summed E-state index contributed by atoms with van der Waals surface area (Å²) in [6.07, 6.45) is 3.11. The van der Waals surface area contributed by atoms with Crippen molar-refractivity contribution >= 4 is 17.8 Å². The highest BCUT2D eigenvalue weighted by Gasteiger charge is 2.54. The Hall–Kier alpha value is -1.59. The summed E-state index contributed by atoms with van der Waals surface area (Å²) < 4.78 is 0. The van der Waals surface area contributed by atoms with Gasteiger partial charge in [-0.25, -0.2) is 4.79 Å². The van der Waals surface area contributed by atoms with Crippen molar-refractivity contribution < 1.29 is 14.4 Å². The third kappa shape index (κ3) is 2.31. The molecule has 1 aliphatic carbocycles. The lowest BCUT2D eigenvalue weighted by Crippen LogP contribution is -2.54. The molecule has 0 bridgehead atoms. The summed E-state index contributed by atoms with van der Waals surface area (Å²) in [5, 5.41) is 2.36. The molecule has 1 N–H and O–H groups in total. The maximum Gasteiger partial charge on any atom is 0.325 e. The van der Waals surface area contributed by atoms with Gasteiger partial charge in [-0.3, -0.25) is 14.9 Å².